The second-order valence-corrected chi connectivity index (χ2v) is 7.40. The second-order valence-electron chi connectivity index (χ2n) is 5.34. The molecule has 0 spiro atoms. The maximum Gasteiger partial charge on any atom is 0.404 e. The number of amides is 3. The van der Waals surface area contributed by atoms with Gasteiger partial charge in [-0.2, -0.15) is 5.26 Å². The van der Waals surface area contributed by atoms with Gasteiger partial charge in [-0.25, -0.2) is 9.59 Å². The normalized spacial score (nSPS) is 23.8. The van der Waals surface area contributed by atoms with E-state index in [1.807, 2.05) is 6.07 Å². The summed E-state index contributed by atoms with van der Waals surface area (Å²) in [7, 11) is 1.23. The Morgan fingerprint density at radius 3 is 2.81 bits per heavy atom. The summed E-state index contributed by atoms with van der Waals surface area (Å²) in [6, 6.07) is 1.88. The number of hydrogen-bond acceptors (Lipinski definition) is 9. The van der Waals surface area contributed by atoms with E-state index in [1.165, 1.54) is 7.11 Å². The Bertz CT molecular complexity index is 750. The Balaban J connectivity index is 2.21. The molecule has 3 amide bonds. The van der Waals surface area contributed by atoms with Crippen LogP contribution in [0.25, 0.3) is 0 Å². The number of primary amides is 1. The Kier molecular flexibility index (Phi) is 6.58. The van der Waals surface area contributed by atoms with E-state index in [2.05, 4.69) is 10.1 Å². The molecule has 0 aromatic carbocycles. The Labute approximate surface area is 162 Å². The van der Waals surface area contributed by atoms with Crippen LogP contribution < -0.4 is 11.1 Å². The van der Waals surface area contributed by atoms with Gasteiger partial charge in [0.05, 0.1) is 17.6 Å². The quantitative estimate of drug-likeness (QED) is 0.254. The van der Waals surface area contributed by atoms with E-state index < -0.39 is 35.0 Å². The number of nitriles is 1. The van der Waals surface area contributed by atoms with Gasteiger partial charge in [-0.15, -0.1) is 23.5 Å². The summed E-state index contributed by atoms with van der Waals surface area (Å²) in [5.74, 6) is -2.46. The van der Waals surface area contributed by atoms with Gasteiger partial charge >= 0.3 is 12.1 Å². The zero-order valence-electron chi connectivity index (χ0n) is 14.1. The number of carboxylic acid groups (broad SMARTS) is 1. The van der Waals surface area contributed by atoms with E-state index in [-0.39, 0.29) is 35.1 Å². The van der Waals surface area contributed by atoms with Gasteiger partial charge in [0.15, 0.2) is 0 Å². The Morgan fingerprint density at radius 1 is 1.56 bits per heavy atom. The van der Waals surface area contributed by atoms with Crippen LogP contribution in [0.5, 0.6) is 0 Å². The van der Waals surface area contributed by atoms with Crippen molar-refractivity contribution in [3.8, 4) is 6.07 Å². The molecular formula is C14H16N4O7S2. The predicted molar refractivity (Wildman–Crippen MR) is 94.1 cm³/mol. The number of thioether (sulfide) groups is 2. The number of ether oxygens (including phenoxy) is 2. The molecule has 4 N–H and O–H groups in total. The van der Waals surface area contributed by atoms with E-state index >= 15 is 0 Å². The smallest absolute Gasteiger partial charge is 0.404 e. The molecule has 0 radical (unpaired) electrons. The van der Waals surface area contributed by atoms with Gasteiger partial charge in [-0.1, -0.05) is 0 Å². The third-order valence-corrected chi connectivity index (χ3v) is 5.92. The molecule has 0 aliphatic carbocycles. The maximum atomic E-state index is 12.7. The number of nitrogens with two attached hydrogens (primary N) is 1. The van der Waals surface area contributed by atoms with Crippen LogP contribution in [-0.4, -0.2) is 76.0 Å². The number of carbonyl (C=O) groups excluding carboxylic acids is 3. The van der Waals surface area contributed by atoms with Crippen LogP contribution in [-0.2, 0) is 23.9 Å². The zero-order chi connectivity index (χ0) is 20.2. The summed E-state index contributed by atoms with van der Waals surface area (Å²) in [5, 5.41) is 19.7. The molecule has 0 bridgehead atoms. The minimum atomic E-state index is -1.70. The molecule has 2 rings (SSSR count). The highest BCUT2D eigenvalue weighted by molar-refractivity contribution is 8.00. The van der Waals surface area contributed by atoms with Gasteiger partial charge in [0.2, 0.25) is 5.91 Å². The van der Waals surface area contributed by atoms with Gasteiger partial charge in [0.25, 0.3) is 11.6 Å². The molecule has 2 aliphatic rings. The number of hydrogen-bond donors (Lipinski definition) is 3. The lowest BCUT2D eigenvalue weighted by Gasteiger charge is -2.55. The first-order valence-corrected chi connectivity index (χ1v) is 9.62. The number of β-lactam (4-membered cyclic amide) rings is 1. The van der Waals surface area contributed by atoms with Gasteiger partial charge in [0, 0.05) is 18.4 Å². The van der Waals surface area contributed by atoms with Crippen molar-refractivity contribution in [3.05, 3.63) is 11.3 Å². The fraction of sp³-hybridized carbons (Fsp3) is 0.500. The molecule has 2 aliphatic heterocycles. The van der Waals surface area contributed by atoms with Crippen LogP contribution in [0.3, 0.4) is 0 Å². The average molecular weight is 416 g/mol. The first-order valence-electron chi connectivity index (χ1n) is 7.42. The molecule has 146 valence electrons. The summed E-state index contributed by atoms with van der Waals surface area (Å²) in [6.07, 6.45) is -1.07. The standard InChI is InChI=1S/C14H16N4O7S2/c1-24-14(17-8(19)6-26-3-2-15)11(22)18-9(10(20)21)7(4-25-13(16)23)5-27-12(14)18/h12H,3-6H2,1H3,(H2,16,23)(H,17,19)(H,20,21)/t12-,14+/m1/s1. The molecular weight excluding hydrogens is 400 g/mol. The van der Waals surface area contributed by atoms with E-state index in [1.54, 1.807) is 0 Å². The van der Waals surface area contributed by atoms with Crippen LogP contribution >= 0.6 is 23.5 Å². The van der Waals surface area contributed by atoms with Crippen LogP contribution in [0.1, 0.15) is 0 Å². The zero-order valence-corrected chi connectivity index (χ0v) is 15.7. The number of carboxylic acids is 1. The van der Waals surface area contributed by atoms with Crippen molar-refractivity contribution in [2.45, 2.75) is 11.1 Å². The number of nitrogens with one attached hydrogen (secondary N) is 1. The highest BCUT2D eigenvalue weighted by atomic mass is 32.2. The summed E-state index contributed by atoms with van der Waals surface area (Å²) >= 11 is 2.22. The number of carbonyl (C=O) groups is 4. The molecule has 0 aromatic rings. The third-order valence-electron chi connectivity index (χ3n) is 3.75. The lowest BCUT2D eigenvalue weighted by Crippen LogP contribution is -2.80. The number of nitrogens with zero attached hydrogens (tertiary/aromatic N) is 2. The Hall–Kier alpha value is -2.43. The van der Waals surface area contributed by atoms with E-state index in [9.17, 15) is 24.3 Å². The molecule has 2 atom stereocenters. The van der Waals surface area contributed by atoms with Crippen molar-refractivity contribution in [2.24, 2.45) is 5.73 Å². The van der Waals surface area contributed by atoms with Crippen LogP contribution in [0.2, 0.25) is 0 Å². The number of methoxy groups -OCH3 is 1. The maximum absolute atomic E-state index is 12.7. The lowest BCUT2D eigenvalue weighted by atomic mass is 9.98. The van der Waals surface area contributed by atoms with Crippen LogP contribution in [0.15, 0.2) is 11.3 Å². The molecule has 11 nitrogen and oxygen atoms in total. The summed E-state index contributed by atoms with van der Waals surface area (Å²) < 4.78 is 9.89. The molecule has 0 saturated carbocycles. The highest BCUT2D eigenvalue weighted by Gasteiger charge is 2.66. The van der Waals surface area contributed by atoms with Gasteiger partial charge in [-0.3, -0.25) is 14.5 Å². The van der Waals surface area contributed by atoms with Crippen molar-refractivity contribution < 1.29 is 33.8 Å². The minimum Gasteiger partial charge on any atom is -0.477 e. The van der Waals surface area contributed by atoms with Crippen molar-refractivity contribution >= 4 is 47.4 Å². The highest BCUT2D eigenvalue weighted by Crippen LogP contribution is 2.46. The monoisotopic (exact) mass is 416 g/mol. The van der Waals surface area contributed by atoms with E-state index in [0.29, 0.717) is 0 Å². The largest absolute Gasteiger partial charge is 0.477 e. The Morgan fingerprint density at radius 2 is 2.26 bits per heavy atom. The number of aliphatic carboxylic acids is 1. The number of rotatable bonds is 8. The molecule has 1 saturated heterocycles. The second kappa shape index (κ2) is 8.51. The topological polar surface area (TPSA) is 172 Å². The number of fused-ring (bicyclic) bond motifs is 1. The van der Waals surface area contributed by atoms with Crippen LogP contribution in [0, 0.1) is 11.3 Å². The van der Waals surface area contributed by atoms with Crippen molar-refractivity contribution in [1.29, 1.82) is 5.26 Å². The SMILES string of the molecule is CO[C@@]1(NC(=O)CSCC#N)C(=O)N2C(C(=O)O)=C(COC(N)=O)CS[C@@H]21. The van der Waals surface area contributed by atoms with Crippen molar-refractivity contribution in [2.75, 3.05) is 31.0 Å². The fourth-order valence-electron chi connectivity index (χ4n) is 2.65. The molecule has 27 heavy (non-hydrogen) atoms. The molecule has 1 fully saturated rings. The lowest BCUT2D eigenvalue weighted by molar-refractivity contribution is -0.192. The summed E-state index contributed by atoms with van der Waals surface area (Å²) in [6.45, 7) is -0.363. The third kappa shape index (κ3) is 3.97. The van der Waals surface area contributed by atoms with Gasteiger partial charge in [0.1, 0.15) is 17.7 Å². The first-order chi connectivity index (χ1) is 12.8. The fourth-order valence-corrected chi connectivity index (χ4v) is 4.52. The predicted octanol–water partition coefficient (Wildman–Crippen LogP) is -0.949. The van der Waals surface area contributed by atoms with E-state index in [4.69, 9.17) is 15.7 Å². The molecule has 0 aromatic heterocycles. The molecule has 0 unspecified atom stereocenters. The molecule has 13 heteroatoms. The van der Waals surface area contributed by atoms with Crippen LogP contribution in [0.4, 0.5) is 4.79 Å². The summed E-state index contributed by atoms with van der Waals surface area (Å²) in [5.41, 5.74) is 3.07. The first kappa shape index (κ1) is 20.9. The van der Waals surface area contributed by atoms with Gasteiger partial charge < -0.3 is 25.6 Å². The van der Waals surface area contributed by atoms with Crippen molar-refractivity contribution in [3.63, 3.8) is 0 Å². The minimum absolute atomic E-state index is 0.0529. The van der Waals surface area contributed by atoms with Crippen molar-refractivity contribution in [1.82, 2.24) is 10.2 Å². The summed E-state index contributed by atoms with van der Waals surface area (Å²) in [4.78, 5) is 48.2. The molecule has 2 heterocycles. The van der Waals surface area contributed by atoms with Gasteiger partial charge in [-0.05, 0) is 0 Å². The van der Waals surface area contributed by atoms with E-state index in [0.717, 1.165) is 28.4 Å². The average Bonchev–Trinajstić information content (AvgIpc) is 2.63.